The molecule has 0 aliphatic carbocycles. The van der Waals surface area contributed by atoms with Gasteiger partial charge in [0.25, 0.3) is 0 Å². The highest BCUT2D eigenvalue weighted by Gasteiger charge is 1.96. The molecule has 1 radical (unpaired) electrons. The molecule has 0 aliphatic heterocycles. The van der Waals surface area contributed by atoms with Crippen LogP contribution in [0, 0.1) is 6.42 Å². The summed E-state index contributed by atoms with van der Waals surface area (Å²) in [6, 6.07) is 0. The van der Waals surface area contributed by atoms with Crippen molar-refractivity contribution in [2.24, 2.45) is 0 Å². The molecule has 29 heavy (non-hydrogen) atoms. The second kappa shape index (κ2) is 28.0. The van der Waals surface area contributed by atoms with E-state index in [0.717, 1.165) is 0 Å². The van der Waals surface area contributed by atoms with E-state index >= 15 is 0 Å². The van der Waals surface area contributed by atoms with Gasteiger partial charge in [0.2, 0.25) is 0 Å². The molecule has 0 aromatic carbocycles. The van der Waals surface area contributed by atoms with Crippen LogP contribution in [0.5, 0.6) is 0 Å². The summed E-state index contributed by atoms with van der Waals surface area (Å²) in [6.07, 6.45) is 40.4. The maximum absolute atomic E-state index is 2.58. The molecule has 0 heterocycles. The molecule has 0 unspecified atom stereocenters. The maximum Gasteiger partial charge on any atom is -0.0386 e. The van der Waals surface area contributed by atoms with Crippen molar-refractivity contribution in [3.63, 3.8) is 0 Å². The minimum atomic E-state index is 1.37. The molecule has 175 valence electrons. The maximum atomic E-state index is 2.58. The Hall–Kier alpha value is 0. The zero-order valence-corrected chi connectivity index (χ0v) is 21.0. The van der Waals surface area contributed by atoms with Crippen LogP contribution >= 0.6 is 0 Å². The lowest BCUT2D eigenvalue weighted by Crippen LogP contribution is -1.85. The van der Waals surface area contributed by atoms with Gasteiger partial charge in [-0.2, -0.15) is 0 Å². The van der Waals surface area contributed by atoms with Gasteiger partial charge < -0.3 is 0 Å². The molecule has 0 atom stereocenters. The molecule has 0 saturated heterocycles. The highest BCUT2D eigenvalue weighted by atomic mass is 14.0. The van der Waals surface area contributed by atoms with Crippen LogP contribution in [0.2, 0.25) is 0 Å². The smallest absolute Gasteiger partial charge is 0.0386 e. The molecule has 0 heteroatoms. The van der Waals surface area contributed by atoms with Gasteiger partial charge in [-0.05, 0) is 6.42 Å². The average molecular weight is 408 g/mol. The normalized spacial score (nSPS) is 11.4. The highest BCUT2D eigenvalue weighted by Crippen LogP contribution is 2.15. The molecule has 0 aromatic rings. The molecule has 0 saturated carbocycles. The Bertz CT molecular complexity index is 231. The van der Waals surface area contributed by atoms with Crippen LogP contribution in [-0.2, 0) is 0 Å². The summed E-state index contributed by atoms with van der Waals surface area (Å²) in [5.41, 5.74) is 0. The second-order valence-corrected chi connectivity index (χ2v) is 9.64. The molecular weight excluding hydrogens is 348 g/mol. The standard InChI is InChI=1S/C29H59/c1-3-5-7-9-11-13-15-17-19-21-23-25-27-29-28-26-24-22-20-18-16-14-12-10-8-6-4-2/h29H,3-28H2,1-2H3. The lowest BCUT2D eigenvalue weighted by molar-refractivity contribution is 0.536. The third-order valence-electron chi connectivity index (χ3n) is 6.52. The van der Waals surface area contributed by atoms with Crippen molar-refractivity contribution in [1.82, 2.24) is 0 Å². The van der Waals surface area contributed by atoms with E-state index in [4.69, 9.17) is 0 Å². The Morgan fingerprint density at radius 1 is 0.276 bits per heavy atom. The Morgan fingerprint density at radius 2 is 0.483 bits per heavy atom. The summed E-state index contributed by atoms with van der Waals surface area (Å²) in [4.78, 5) is 0. The van der Waals surface area contributed by atoms with E-state index in [1.165, 1.54) is 167 Å². The first kappa shape index (κ1) is 29.0. The predicted octanol–water partition coefficient (Wildman–Crippen LogP) is 11.4. The number of rotatable bonds is 26. The lowest BCUT2D eigenvalue weighted by Gasteiger charge is -2.04. The Balaban J connectivity index is 2.97. The zero-order valence-electron chi connectivity index (χ0n) is 21.0. The Labute approximate surface area is 187 Å². The molecule has 0 nitrogen and oxygen atoms in total. The molecule has 0 aromatic heterocycles. The summed E-state index contributed by atoms with van der Waals surface area (Å²) in [7, 11) is 0. The van der Waals surface area contributed by atoms with Crippen molar-refractivity contribution in [3.8, 4) is 0 Å². The van der Waals surface area contributed by atoms with Gasteiger partial charge in [-0.3, -0.25) is 0 Å². The van der Waals surface area contributed by atoms with E-state index in [0.29, 0.717) is 0 Å². The summed E-state index contributed by atoms with van der Waals surface area (Å²) < 4.78 is 0. The fourth-order valence-corrected chi connectivity index (χ4v) is 4.40. The SMILES string of the molecule is CCCCCCCCCCCCCC[CH]CCCCCCCCCCCCCC. The Morgan fingerprint density at radius 3 is 0.724 bits per heavy atom. The lowest BCUT2D eigenvalue weighted by atomic mass is 10.0. The number of hydrogen-bond donors (Lipinski definition) is 0. The fraction of sp³-hybridized carbons (Fsp3) is 0.966. The van der Waals surface area contributed by atoms with Crippen molar-refractivity contribution in [1.29, 1.82) is 0 Å². The van der Waals surface area contributed by atoms with Crippen molar-refractivity contribution < 1.29 is 0 Å². The second-order valence-electron chi connectivity index (χ2n) is 9.64. The third kappa shape index (κ3) is 28.0. The van der Waals surface area contributed by atoms with Crippen LogP contribution in [0.25, 0.3) is 0 Å². The van der Waals surface area contributed by atoms with Crippen LogP contribution in [0.15, 0.2) is 0 Å². The molecular formula is C29H59. The topological polar surface area (TPSA) is 0 Å². The summed E-state index contributed by atoms with van der Waals surface area (Å²) in [5.74, 6) is 0. The number of unbranched alkanes of at least 4 members (excludes halogenated alkanes) is 26. The van der Waals surface area contributed by atoms with Gasteiger partial charge in [0.15, 0.2) is 0 Å². The predicted molar refractivity (Wildman–Crippen MR) is 136 cm³/mol. The highest BCUT2D eigenvalue weighted by molar-refractivity contribution is 4.64. The van der Waals surface area contributed by atoms with Crippen LogP contribution in [0.1, 0.15) is 181 Å². The van der Waals surface area contributed by atoms with Gasteiger partial charge in [-0.1, -0.05) is 181 Å². The molecule has 0 spiro atoms. The third-order valence-corrected chi connectivity index (χ3v) is 6.52. The van der Waals surface area contributed by atoms with Crippen LogP contribution in [0.4, 0.5) is 0 Å². The largest absolute Gasteiger partial charge is 0.0654 e. The first-order valence-electron chi connectivity index (χ1n) is 14.2. The Kier molecular flexibility index (Phi) is 28.0. The van der Waals surface area contributed by atoms with Crippen molar-refractivity contribution in [2.45, 2.75) is 181 Å². The zero-order chi connectivity index (χ0) is 21.1. The van der Waals surface area contributed by atoms with E-state index < -0.39 is 0 Å². The van der Waals surface area contributed by atoms with Gasteiger partial charge in [-0.25, -0.2) is 0 Å². The summed E-state index contributed by atoms with van der Waals surface area (Å²) >= 11 is 0. The van der Waals surface area contributed by atoms with E-state index in [1.807, 2.05) is 0 Å². The minimum Gasteiger partial charge on any atom is -0.0654 e. The summed E-state index contributed by atoms with van der Waals surface area (Å²) in [5, 5.41) is 0. The molecule has 0 N–H and O–H groups in total. The summed E-state index contributed by atoms with van der Waals surface area (Å²) in [6.45, 7) is 4.61. The van der Waals surface area contributed by atoms with Crippen molar-refractivity contribution >= 4 is 0 Å². The quantitative estimate of drug-likeness (QED) is 0.125. The van der Waals surface area contributed by atoms with Gasteiger partial charge in [0.1, 0.15) is 0 Å². The fourth-order valence-electron chi connectivity index (χ4n) is 4.40. The molecule has 0 rings (SSSR count). The van der Waals surface area contributed by atoms with E-state index in [9.17, 15) is 0 Å². The number of hydrogen-bond acceptors (Lipinski definition) is 0. The van der Waals surface area contributed by atoms with Crippen molar-refractivity contribution in [3.05, 3.63) is 6.42 Å². The van der Waals surface area contributed by atoms with Gasteiger partial charge in [0.05, 0.1) is 0 Å². The van der Waals surface area contributed by atoms with E-state index in [2.05, 4.69) is 20.3 Å². The van der Waals surface area contributed by atoms with Crippen LogP contribution < -0.4 is 0 Å². The molecule has 0 aliphatic rings. The molecule has 0 fully saturated rings. The van der Waals surface area contributed by atoms with Gasteiger partial charge in [-0.15, -0.1) is 0 Å². The van der Waals surface area contributed by atoms with Gasteiger partial charge in [0, 0.05) is 0 Å². The molecule has 0 amide bonds. The monoisotopic (exact) mass is 407 g/mol. The van der Waals surface area contributed by atoms with Gasteiger partial charge >= 0.3 is 0 Å². The first-order chi connectivity index (χ1) is 14.4. The van der Waals surface area contributed by atoms with Crippen LogP contribution in [-0.4, -0.2) is 0 Å². The van der Waals surface area contributed by atoms with E-state index in [-0.39, 0.29) is 0 Å². The molecule has 0 bridgehead atoms. The van der Waals surface area contributed by atoms with E-state index in [1.54, 1.807) is 0 Å². The van der Waals surface area contributed by atoms with Crippen molar-refractivity contribution in [2.75, 3.05) is 0 Å². The minimum absolute atomic E-state index is 1.37. The average Bonchev–Trinajstić information content (AvgIpc) is 2.74. The first-order valence-corrected chi connectivity index (χ1v) is 14.2. The van der Waals surface area contributed by atoms with Crippen LogP contribution in [0.3, 0.4) is 0 Å².